The van der Waals surface area contributed by atoms with Crippen LogP contribution < -0.4 is 0 Å². The fourth-order valence-electron chi connectivity index (χ4n) is 2.60. The van der Waals surface area contributed by atoms with Gasteiger partial charge in [0.1, 0.15) is 11.8 Å². The van der Waals surface area contributed by atoms with Crippen LogP contribution in [0, 0.1) is 5.92 Å². The average molecular weight is 242 g/mol. The third-order valence-electron chi connectivity index (χ3n) is 3.20. The molecule has 2 atom stereocenters. The van der Waals surface area contributed by atoms with Gasteiger partial charge in [-0.1, -0.05) is 4.49 Å². The van der Waals surface area contributed by atoms with Gasteiger partial charge in [0.05, 0.1) is 11.2 Å². The lowest BCUT2D eigenvalue weighted by Crippen LogP contribution is -2.32. The number of hydrogen-bond acceptors (Lipinski definition) is 5. The van der Waals surface area contributed by atoms with Crippen molar-refractivity contribution >= 4 is 11.5 Å². The van der Waals surface area contributed by atoms with Gasteiger partial charge in [-0.05, 0) is 45.6 Å². The summed E-state index contributed by atoms with van der Waals surface area (Å²) in [5, 5.41) is 16.0. The van der Waals surface area contributed by atoms with Gasteiger partial charge in [0.25, 0.3) is 0 Å². The largest absolute Gasteiger partial charge is 0.386 e. The Morgan fingerprint density at radius 2 is 2.19 bits per heavy atom. The minimum atomic E-state index is -0.587. The highest BCUT2D eigenvalue weighted by Gasteiger charge is 2.49. The van der Waals surface area contributed by atoms with Crippen LogP contribution in [-0.4, -0.2) is 25.9 Å². The predicted octanol–water partition coefficient (Wildman–Crippen LogP) is 2.17. The number of nitrogens with zero attached hydrogens (tertiary/aromatic N) is 2. The smallest absolute Gasteiger partial charge is 0.104 e. The molecule has 1 aliphatic heterocycles. The number of aliphatic hydroxyl groups is 1. The molecule has 5 heteroatoms. The molecule has 1 aromatic heterocycles. The summed E-state index contributed by atoms with van der Waals surface area (Å²) in [6.07, 6.45) is 0.245. The minimum absolute atomic E-state index is 0.0615. The Labute approximate surface area is 99.8 Å². The molecule has 1 aliphatic rings. The Kier molecular flexibility index (Phi) is 2.80. The van der Waals surface area contributed by atoms with Crippen molar-refractivity contribution in [2.24, 2.45) is 5.92 Å². The Hall–Kier alpha value is -0.520. The summed E-state index contributed by atoms with van der Waals surface area (Å²) < 4.78 is 9.75. The van der Waals surface area contributed by atoms with E-state index in [1.807, 2.05) is 13.8 Å². The maximum absolute atomic E-state index is 10.3. The zero-order valence-corrected chi connectivity index (χ0v) is 10.9. The summed E-state index contributed by atoms with van der Waals surface area (Å²) in [7, 11) is 0. The van der Waals surface area contributed by atoms with Crippen molar-refractivity contribution in [2.45, 2.75) is 51.4 Å². The summed E-state index contributed by atoms with van der Waals surface area (Å²) >= 11 is 1.26. The van der Waals surface area contributed by atoms with Gasteiger partial charge in [-0.3, -0.25) is 0 Å². The molecule has 2 unspecified atom stereocenters. The highest BCUT2D eigenvalue weighted by Crippen LogP contribution is 2.47. The van der Waals surface area contributed by atoms with Crippen molar-refractivity contribution in [3.8, 4) is 0 Å². The van der Waals surface area contributed by atoms with Gasteiger partial charge in [-0.25, -0.2) is 0 Å². The fourth-order valence-corrected chi connectivity index (χ4v) is 3.09. The predicted molar refractivity (Wildman–Crippen MR) is 62.2 cm³/mol. The average Bonchev–Trinajstić information content (AvgIpc) is 2.69. The Morgan fingerprint density at radius 3 is 2.62 bits per heavy atom. The molecule has 1 N–H and O–H groups in total. The molecular formula is C11H18N2O2S. The second kappa shape index (κ2) is 3.75. The van der Waals surface area contributed by atoms with Crippen LogP contribution in [0.4, 0.5) is 0 Å². The van der Waals surface area contributed by atoms with Crippen molar-refractivity contribution < 1.29 is 9.84 Å². The van der Waals surface area contributed by atoms with E-state index in [4.69, 9.17) is 4.74 Å². The van der Waals surface area contributed by atoms with Gasteiger partial charge in [0.15, 0.2) is 0 Å². The SMILES string of the molecule is CC1(C)CC(C(O)c2csnn2)C(C)(C)O1. The summed E-state index contributed by atoms with van der Waals surface area (Å²) in [6.45, 7) is 8.16. The molecule has 16 heavy (non-hydrogen) atoms. The molecule has 0 radical (unpaired) electrons. The van der Waals surface area contributed by atoms with E-state index in [0.29, 0.717) is 5.69 Å². The van der Waals surface area contributed by atoms with E-state index in [-0.39, 0.29) is 17.1 Å². The lowest BCUT2D eigenvalue weighted by atomic mass is 9.82. The van der Waals surface area contributed by atoms with Crippen LogP contribution in [0.3, 0.4) is 0 Å². The molecule has 90 valence electrons. The van der Waals surface area contributed by atoms with Gasteiger partial charge < -0.3 is 9.84 Å². The third kappa shape index (κ3) is 2.12. The molecular weight excluding hydrogens is 224 g/mol. The Morgan fingerprint density at radius 1 is 1.50 bits per heavy atom. The molecule has 0 bridgehead atoms. The molecule has 0 amide bonds. The van der Waals surface area contributed by atoms with Crippen LogP contribution in [-0.2, 0) is 4.74 Å². The maximum Gasteiger partial charge on any atom is 0.104 e. The molecule has 1 fully saturated rings. The zero-order valence-electron chi connectivity index (χ0n) is 10.1. The standard InChI is InChI=1S/C11H18N2O2S/c1-10(2)5-7(11(3,4)15-10)9(14)8-6-16-13-12-8/h6-7,9,14H,5H2,1-4H3. The first-order chi connectivity index (χ1) is 7.32. The molecule has 0 aromatic carbocycles. The quantitative estimate of drug-likeness (QED) is 0.863. The highest BCUT2D eigenvalue weighted by atomic mass is 32.1. The molecule has 2 rings (SSSR count). The summed E-state index contributed by atoms with van der Waals surface area (Å²) in [5.41, 5.74) is 0.148. The van der Waals surface area contributed by atoms with Crippen molar-refractivity contribution in [1.29, 1.82) is 0 Å². The molecule has 0 aliphatic carbocycles. The van der Waals surface area contributed by atoms with Gasteiger partial charge >= 0.3 is 0 Å². The zero-order chi connectivity index (χ0) is 12.0. The van der Waals surface area contributed by atoms with Crippen molar-refractivity contribution in [3.63, 3.8) is 0 Å². The van der Waals surface area contributed by atoms with Crippen LogP contribution >= 0.6 is 11.5 Å². The summed E-state index contributed by atoms with van der Waals surface area (Å²) in [6, 6.07) is 0. The number of hydrogen-bond donors (Lipinski definition) is 1. The monoisotopic (exact) mass is 242 g/mol. The van der Waals surface area contributed by atoms with E-state index in [0.717, 1.165) is 6.42 Å². The third-order valence-corrected chi connectivity index (χ3v) is 3.73. The van der Waals surface area contributed by atoms with E-state index in [2.05, 4.69) is 23.4 Å². The number of aliphatic hydroxyl groups excluding tert-OH is 1. The molecule has 1 saturated heterocycles. The van der Waals surface area contributed by atoms with E-state index >= 15 is 0 Å². The highest BCUT2D eigenvalue weighted by molar-refractivity contribution is 7.03. The second-order valence-electron chi connectivity index (χ2n) is 5.55. The first-order valence-electron chi connectivity index (χ1n) is 5.47. The van der Waals surface area contributed by atoms with Gasteiger partial charge in [0, 0.05) is 11.3 Å². The van der Waals surface area contributed by atoms with Crippen molar-refractivity contribution in [1.82, 2.24) is 9.59 Å². The molecule has 0 spiro atoms. The lowest BCUT2D eigenvalue weighted by molar-refractivity contribution is -0.0884. The van der Waals surface area contributed by atoms with Crippen LogP contribution in [0.2, 0.25) is 0 Å². The molecule has 0 saturated carbocycles. The Bertz CT molecular complexity index is 362. The van der Waals surface area contributed by atoms with Gasteiger partial charge in [-0.15, -0.1) is 5.10 Å². The van der Waals surface area contributed by atoms with E-state index in [9.17, 15) is 5.11 Å². The first-order valence-corrected chi connectivity index (χ1v) is 6.31. The van der Waals surface area contributed by atoms with Gasteiger partial charge in [-0.2, -0.15) is 0 Å². The topological polar surface area (TPSA) is 55.2 Å². The second-order valence-corrected chi connectivity index (χ2v) is 6.16. The lowest BCUT2D eigenvalue weighted by Gasteiger charge is -2.29. The molecule has 2 heterocycles. The molecule has 4 nitrogen and oxygen atoms in total. The summed E-state index contributed by atoms with van der Waals surface area (Å²) in [5.74, 6) is 0.0615. The van der Waals surface area contributed by atoms with Crippen molar-refractivity contribution in [3.05, 3.63) is 11.1 Å². The van der Waals surface area contributed by atoms with E-state index in [1.54, 1.807) is 5.38 Å². The number of rotatable bonds is 2. The van der Waals surface area contributed by atoms with E-state index in [1.165, 1.54) is 11.5 Å². The van der Waals surface area contributed by atoms with Crippen LogP contribution in [0.25, 0.3) is 0 Å². The van der Waals surface area contributed by atoms with Crippen LogP contribution in [0.1, 0.15) is 45.9 Å². The van der Waals surface area contributed by atoms with Crippen molar-refractivity contribution in [2.75, 3.05) is 0 Å². The maximum atomic E-state index is 10.3. The fraction of sp³-hybridized carbons (Fsp3) is 0.818. The first kappa shape index (κ1) is 12.0. The number of aromatic nitrogens is 2. The number of ether oxygens (including phenoxy) is 1. The summed E-state index contributed by atoms with van der Waals surface area (Å²) in [4.78, 5) is 0. The van der Waals surface area contributed by atoms with Gasteiger partial charge in [0.2, 0.25) is 0 Å². The Balaban J connectivity index is 2.22. The van der Waals surface area contributed by atoms with Crippen LogP contribution in [0.15, 0.2) is 5.38 Å². The van der Waals surface area contributed by atoms with E-state index < -0.39 is 6.10 Å². The minimum Gasteiger partial charge on any atom is -0.386 e. The molecule has 1 aromatic rings. The normalized spacial score (nSPS) is 29.2. The van der Waals surface area contributed by atoms with Crippen LogP contribution in [0.5, 0.6) is 0 Å².